The highest BCUT2D eigenvalue weighted by Gasteiger charge is 2.59. The highest BCUT2D eigenvalue weighted by molar-refractivity contribution is 5.83. The Morgan fingerprint density at radius 2 is 2.04 bits per heavy atom. The number of carbonyl (C=O) groups is 1. The topological polar surface area (TPSA) is 74.6 Å². The summed E-state index contributed by atoms with van der Waals surface area (Å²) in [5, 5.41) is 8.62. The van der Waals surface area contributed by atoms with Gasteiger partial charge in [-0.3, -0.25) is 10.2 Å². The maximum atomic E-state index is 12.8. The number of likely N-dealkylation sites (tertiary alicyclic amines) is 1. The third-order valence-corrected chi connectivity index (χ3v) is 6.21. The molecule has 2 N–H and O–H groups in total. The molecule has 7 heteroatoms. The zero-order chi connectivity index (χ0) is 17.1. The summed E-state index contributed by atoms with van der Waals surface area (Å²) in [7, 11) is 0. The van der Waals surface area contributed by atoms with Crippen LogP contribution >= 0.6 is 0 Å². The van der Waals surface area contributed by atoms with Gasteiger partial charge in [0.2, 0.25) is 5.91 Å². The second-order valence-corrected chi connectivity index (χ2v) is 8.03. The second-order valence-electron chi connectivity index (χ2n) is 8.03. The van der Waals surface area contributed by atoms with Gasteiger partial charge in [0.05, 0.1) is 11.2 Å². The number of rotatable bonds is 3. The van der Waals surface area contributed by atoms with Crippen molar-refractivity contribution in [3.05, 3.63) is 30.1 Å². The molecule has 4 unspecified atom stereocenters. The Bertz CT molecular complexity index is 805. The SMILES string of the molecule is CC(C)C1CC(C(=O)N2CC3C(C2)C3c2nnn3ccccc23)NN1. The third kappa shape index (κ3) is 2.37. The van der Waals surface area contributed by atoms with E-state index in [4.69, 9.17) is 0 Å². The van der Waals surface area contributed by atoms with Crippen LogP contribution in [0.5, 0.6) is 0 Å². The number of nitrogens with zero attached hydrogens (tertiary/aromatic N) is 4. The molecule has 2 aliphatic heterocycles. The fraction of sp³-hybridized carbons (Fsp3) is 0.611. The van der Waals surface area contributed by atoms with E-state index in [9.17, 15) is 4.79 Å². The van der Waals surface area contributed by atoms with Crippen LogP contribution in [0, 0.1) is 17.8 Å². The summed E-state index contributed by atoms with van der Waals surface area (Å²) in [5.74, 6) is 2.32. The molecule has 2 aromatic heterocycles. The molecule has 0 radical (unpaired) electrons. The number of amides is 1. The van der Waals surface area contributed by atoms with E-state index in [1.165, 1.54) is 0 Å². The van der Waals surface area contributed by atoms with Crippen LogP contribution in [0.1, 0.15) is 31.9 Å². The third-order valence-electron chi connectivity index (χ3n) is 6.21. The van der Waals surface area contributed by atoms with Gasteiger partial charge in [-0.15, -0.1) is 5.10 Å². The number of fused-ring (bicyclic) bond motifs is 2. The number of pyridine rings is 1. The van der Waals surface area contributed by atoms with Crippen molar-refractivity contribution in [1.82, 2.24) is 30.6 Å². The average Bonchev–Trinajstić information content (AvgIpc) is 3.11. The first-order chi connectivity index (χ1) is 12.1. The molecule has 0 aromatic carbocycles. The van der Waals surface area contributed by atoms with Gasteiger partial charge in [-0.2, -0.15) is 0 Å². The molecular weight excluding hydrogens is 316 g/mol. The molecule has 0 spiro atoms. The standard InChI is InChI=1S/C18H24N6O/c1-10(2)13-7-14(20-19-13)18(25)23-8-11-12(9-23)16(11)17-15-5-3-4-6-24(15)22-21-17/h3-6,10-14,16,19-20H,7-9H2,1-2H3. The van der Waals surface area contributed by atoms with Gasteiger partial charge in [0.25, 0.3) is 0 Å². The summed E-state index contributed by atoms with van der Waals surface area (Å²) >= 11 is 0. The normalized spacial score (nSPS) is 34.0. The van der Waals surface area contributed by atoms with Crippen molar-refractivity contribution < 1.29 is 4.79 Å². The lowest BCUT2D eigenvalue weighted by molar-refractivity contribution is -0.132. The van der Waals surface area contributed by atoms with Gasteiger partial charge in [0.15, 0.2) is 0 Å². The Balaban J connectivity index is 1.24. The van der Waals surface area contributed by atoms with Crippen molar-refractivity contribution in [3.8, 4) is 0 Å². The van der Waals surface area contributed by atoms with Gasteiger partial charge >= 0.3 is 0 Å². The van der Waals surface area contributed by atoms with Gasteiger partial charge in [0.1, 0.15) is 6.04 Å². The van der Waals surface area contributed by atoms with Crippen LogP contribution in [-0.4, -0.2) is 50.8 Å². The van der Waals surface area contributed by atoms with Crippen LogP contribution in [0.3, 0.4) is 0 Å². The van der Waals surface area contributed by atoms with Gasteiger partial charge in [-0.1, -0.05) is 25.1 Å². The number of hydrogen-bond acceptors (Lipinski definition) is 5. The summed E-state index contributed by atoms with van der Waals surface area (Å²) < 4.78 is 1.84. The van der Waals surface area contributed by atoms with E-state index in [0.29, 0.717) is 29.7 Å². The lowest BCUT2D eigenvalue weighted by Gasteiger charge is -2.23. The second kappa shape index (κ2) is 5.51. The van der Waals surface area contributed by atoms with Crippen LogP contribution in [-0.2, 0) is 4.79 Å². The summed E-state index contributed by atoms with van der Waals surface area (Å²) in [6.07, 6.45) is 2.81. The van der Waals surface area contributed by atoms with Crippen LogP contribution in [0.2, 0.25) is 0 Å². The van der Waals surface area contributed by atoms with Gasteiger partial charge in [-0.25, -0.2) is 9.94 Å². The Labute approximate surface area is 146 Å². The molecular formula is C18H24N6O. The highest BCUT2D eigenvalue weighted by Crippen LogP contribution is 2.58. The van der Waals surface area contributed by atoms with Crippen LogP contribution in [0.25, 0.3) is 5.52 Å². The first-order valence-electron chi connectivity index (χ1n) is 9.23. The fourth-order valence-electron chi connectivity index (χ4n) is 4.61. The molecule has 2 saturated heterocycles. The first kappa shape index (κ1) is 15.3. The van der Waals surface area contributed by atoms with Crippen molar-refractivity contribution in [2.75, 3.05) is 13.1 Å². The molecule has 4 heterocycles. The van der Waals surface area contributed by atoms with Crippen LogP contribution in [0.4, 0.5) is 0 Å². The predicted molar refractivity (Wildman–Crippen MR) is 92.6 cm³/mol. The zero-order valence-electron chi connectivity index (χ0n) is 14.6. The molecule has 1 saturated carbocycles. The lowest BCUT2D eigenvalue weighted by Crippen LogP contribution is -2.45. The molecule has 132 valence electrons. The van der Waals surface area contributed by atoms with E-state index in [0.717, 1.165) is 30.7 Å². The minimum atomic E-state index is -0.0848. The van der Waals surface area contributed by atoms with E-state index in [-0.39, 0.29) is 11.9 Å². The van der Waals surface area contributed by atoms with Gasteiger partial charge in [-0.05, 0) is 36.3 Å². The van der Waals surface area contributed by atoms with Crippen molar-refractivity contribution in [2.24, 2.45) is 17.8 Å². The number of carbonyl (C=O) groups excluding carboxylic acids is 1. The van der Waals surface area contributed by atoms with Crippen molar-refractivity contribution in [2.45, 2.75) is 38.3 Å². The van der Waals surface area contributed by atoms with Gasteiger partial charge in [0, 0.05) is 31.2 Å². The Morgan fingerprint density at radius 3 is 2.76 bits per heavy atom. The van der Waals surface area contributed by atoms with E-state index in [1.54, 1.807) is 0 Å². The Kier molecular flexibility index (Phi) is 3.36. The fourth-order valence-corrected chi connectivity index (χ4v) is 4.61. The maximum absolute atomic E-state index is 12.8. The molecule has 3 aliphatic rings. The first-order valence-corrected chi connectivity index (χ1v) is 9.23. The lowest BCUT2D eigenvalue weighted by atomic mass is 9.99. The van der Waals surface area contributed by atoms with E-state index < -0.39 is 0 Å². The molecule has 1 aliphatic carbocycles. The van der Waals surface area contributed by atoms with Gasteiger partial charge < -0.3 is 4.90 Å². The molecule has 0 bridgehead atoms. The predicted octanol–water partition coefficient (Wildman–Crippen LogP) is 0.792. The van der Waals surface area contributed by atoms with E-state index >= 15 is 0 Å². The number of piperidine rings is 1. The minimum absolute atomic E-state index is 0.0848. The monoisotopic (exact) mass is 340 g/mol. The summed E-state index contributed by atoms with van der Waals surface area (Å²) in [4.78, 5) is 14.8. The molecule has 1 amide bonds. The number of aromatic nitrogens is 3. The highest BCUT2D eigenvalue weighted by atomic mass is 16.2. The molecule has 3 fully saturated rings. The molecule has 5 rings (SSSR count). The number of hydrogen-bond donors (Lipinski definition) is 2. The quantitative estimate of drug-likeness (QED) is 0.864. The number of nitrogens with one attached hydrogen (secondary N) is 2. The van der Waals surface area contributed by atoms with Crippen LogP contribution in [0.15, 0.2) is 24.4 Å². The number of hydrazine groups is 1. The minimum Gasteiger partial charge on any atom is -0.341 e. The average molecular weight is 340 g/mol. The van der Waals surface area contributed by atoms with E-state index in [2.05, 4.69) is 41.1 Å². The summed E-state index contributed by atoms with van der Waals surface area (Å²) in [6, 6.07) is 6.36. The summed E-state index contributed by atoms with van der Waals surface area (Å²) in [5.41, 5.74) is 8.65. The molecule has 25 heavy (non-hydrogen) atoms. The molecule has 7 nitrogen and oxygen atoms in total. The van der Waals surface area contributed by atoms with Crippen molar-refractivity contribution >= 4 is 11.4 Å². The van der Waals surface area contributed by atoms with Crippen molar-refractivity contribution in [1.29, 1.82) is 0 Å². The Morgan fingerprint density at radius 1 is 1.24 bits per heavy atom. The Hall–Kier alpha value is -1.99. The zero-order valence-corrected chi connectivity index (χ0v) is 14.6. The largest absolute Gasteiger partial charge is 0.341 e. The molecule has 4 atom stereocenters. The van der Waals surface area contributed by atoms with E-state index in [1.807, 2.05) is 27.7 Å². The van der Waals surface area contributed by atoms with Crippen molar-refractivity contribution in [3.63, 3.8) is 0 Å². The van der Waals surface area contributed by atoms with Crippen LogP contribution < -0.4 is 10.9 Å². The smallest absolute Gasteiger partial charge is 0.241 e. The molecule has 2 aromatic rings. The summed E-state index contributed by atoms with van der Waals surface area (Å²) in [6.45, 7) is 6.07. The maximum Gasteiger partial charge on any atom is 0.241 e.